The molecule has 0 aliphatic heterocycles. The van der Waals surface area contributed by atoms with Gasteiger partial charge in [-0.1, -0.05) is 31.5 Å². The van der Waals surface area contributed by atoms with Crippen LogP contribution in [0.1, 0.15) is 31.2 Å². The summed E-state index contributed by atoms with van der Waals surface area (Å²) in [7, 11) is 0. The van der Waals surface area contributed by atoms with Gasteiger partial charge in [0, 0.05) is 24.7 Å². The van der Waals surface area contributed by atoms with E-state index >= 15 is 0 Å². The summed E-state index contributed by atoms with van der Waals surface area (Å²) in [6.07, 6.45) is 1.49. The lowest BCUT2D eigenvalue weighted by atomic mass is 10.2. The lowest BCUT2D eigenvalue weighted by molar-refractivity contribution is -0.121. The maximum absolute atomic E-state index is 13.2. The highest BCUT2D eigenvalue weighted by molar-refractivity contribution is 6.30. The number of aromatic nitrogens is 3. The van der Waals surface area contributed by atoms with Crippen molar-refractivity contribution in [3.05, 3.63) is 69.2 Å². The second-order valence-corrected chi connectivity index (χ2v) is 6.92. The molecule has 0 aliphatic rings. The molecule has 2 aromatic heterocycles. The minimum atomic E-state index is -0.526. The summed E-state index contributed by atoms with van der Waals surface area (Å²) in [6.45, 7) is 3.83. The third-order valence-electron chi connectivity index (χ3n) is 3.95. The fraction of sp³-hybridized carbons (Fsp3) is 0.263. The number of carbonyl (C=O) groups is 1. The van der Waals surface area contributed by atoms with Crippen molar-refractivity contribution in [2.75, 3.05) is 0 Å². The number of carbonyl (C=O) groups excluding carboxylic acids is 1. The molecular weight excluding hydrogens is 387 g/mol. The number of pyridine rings is 1. The Kier molecular flexibility index (Phi) is 5.89. The van der Waals surface area contributed by atoms with Crippen LogP contribution in [0.15, 0.2) is 45.7 Å². The van der Waals surface area contributed by atoms with Gasteiger partial charge in [0.25, 0.3) is 5.56 Å². The van der Waals surface area contributed by atoms with Crippen LogP contribution in [0.2, 0.25) is 5.02 Å². The maximum Gasteiger partial charge on any atom is 0.251 e. The second kappa shape index (κ2) is 8.35. The lowest BCUT2D eigenvalue weighted by Crippen LogP contribution is -2.31. The number of rotatable bonds is 6. The highest BCUT2D eigenvalue weighted by Gasteiger charge is 2.13. The Balaban J connectivity index is 1.69. The number of hydrogen-bond acceptors (Lipinski definition) is 5. The highest BCUT2D eigenvalue weighted by Crippen LogP contribution is 2.20. The van der Waals surface area contributed by atoms with Crippen LogP contribution in [0, 0.1) is 5.82 Å². The zero-order chi connectivity index (χ0) is 20.3. The molecule has 0 saturated carbocycles. The van der Waals surface area contributed by atoms with Crippen LogP contribution in [-0.2, 0) is 17.9 Å². The molecule has 2 heterocycles. The number of nitrogens with zero attached hydrogens (tertiary/aromatic N) is 3. The fourth-order valence-electron chi connectivity index (χ4n) is 2.43. The van der Waals surface area contributed by atoms with Gasteiger partial charge in [-0.15, -0.1) is 10.2 Å². The van der Waals surface area contributed by atoms with Crippen LogP contribution >= 0.6 is 11.6 Å². The highest BCUT2D eigenvalue weighted by atomic mass is 35.5. The summed E-state index contributed by atoms with van der Waals surface area (Å²) in [5, 5.41) is 10.6. The van der Waals surface area contributed by atoms with Crippen molar-refractivity contribution >= 4 is 17.5 Å². The molecule has 0 unspecified atom stereocenters. The Morgan fingerprint density at radius 3 is 2.75 bits per heavy atom. The molecule has 3 aromatic rings. The molecule has 0 bridgehead atoms. The molecule has 1 aromatic carbocycles. The van der Waals surface area contributed by atoms with Gasteiger partial charge in [-0.2, -0.15) is 0 Å². The van der Waals surface area contributed by atoms with E-state index in [9.17, 15) is 14.0 Å². The quantitative estimate of drug-likeness (QED) is 0.681. The minimum Gasteiger partial charge on any atom is -0.420 e. The zero-order valence-electron chi connectivity index (χ0n) is 15.3. The first-order chi connectivity index (χ1) is 13.3. The second-order valence-electron chi connectivity index (χ2n) is 6.51. The van der Waals surface area contributed by atoms with Gasteiger partial charge in [-0.25, -0.2) is 4.39 Å². The van der Waals surface area contributed by atoms with E-state index in [0.717, 1.165) is 0 Å². The molecule has 28 heavy (non-hydrogen) atoms. The maximum atomic E-state index is 13.2. The smallest absolute Gasteiger partial charge is 0.251 e. The van der Waals surface area contributed by atoms with Crippen LogP contribution in [-0.4, -0.2) is 20.7 Å². The first kappa shape index (κ1) is 19.8. The average Bonchev–Trinajstić information content (AvgIpc) is 3.15. The van der Waals surface area contributed by atoms with Crippen molar-refractivity contribution in [3.63, 3.8) is 0 Å². The molecule has 9 heteroatoms. The van der Waals surface area contributed by atoms with Crippen molar-refractivity contribution in [1.82, 2.24) is 20.1 Å². The van der Waals surface area contributed by atoms with Gasteiger partial charge in [-0.05, 0) is 23.8 Å². The van der Waals surface area contributed by atoms with Gasteiger partial charge in [-0.3, -0.25) is 9.59 Å². The van der Waals surface area contributed by atoms with Crippen LogP contribution in [0.4, 0.5) is 4.39 Å². The van der Waals surface area contributed by atoms with E-state index in [2.05, 4.69) is 15.5 Å². The minimum absolute atomic E-state index is 0.0176. The van der Waals surface area contributed by atoms with Gasteiger partial charge in [0.2, 0.25) is 17.7 Å². The molecule has 0 spiro atoms. The Morgan fingerprint density at radius 1 is 1.29 bits per heavy atom. The van der Waals surface area contributed by atoms with Gasteiger partial charge < -0.3 is 14.3 Å². The van der Waals surface area contributed by atoms with Crippen molar-refractivity contribution in [1.29, 1.82) is 0 Å². The molecule has 0 fully saturated rings. The summed E-state index contributed by atoms with van der Waals surface area (Å²) in [6, 6.07) is 7.09. The average molecular weight is 405 g/mol. The first-order valence-electron chi connectivity index (χ1n) is 8.58. The fourth-order valence-corrected chi connectivity index (χ4v) is 2.63. The van der Waals surface area contributed by atoms with E-state index < -0.39 is 5.82 Å². The predicted octanol–water partition coefficient (Wildman–Crippen LogP) is 3.13. The van der Waals surface area contributed by atoms with Gasteiger partial charge in [0.1, 0.15) is 12.4 Å². The van der Waals surface area contributed by atoms with Crippen LogP contribution in [0.3, 0.4) is 0 Å². The molecule has 146 valence electrons. The van der Waals surface area contributed by atoms with E-state index in [1.54, 1.807) is 6.07 Å². The molecule has 0 aliphatic carbocycles. The molecule has 0 atom stereocenters. The summed E-state index contributed by atoms with van der Waals surface area (Å²) >= 11 is 5.72. The van der Waals surface area contributed by atoms with Crippen molar-refractivity contribution in [2.24, 2.45) is 0 Å². The zero-order valence-corrected chi connectivity index (χ0v) is 16.0. The normalized spacial score (nSPS) is 11.0. The molecule has 7 nitrogen and oxygen atoms in total. The van der Waals surface area contributed by atoms with E-state index in [-0.39, 0.29) is 41.4 Å². The number of benzene rings is 1. The Hall–Kier alpha value is -3.00. The largest absolute Gasteiger partial charge is 0.420 e. The van der Waals surface area contributed by atoms with Crippen LogP contribution in [0.5, 0.6) is 0 Å². The third kappa shape index (κ3) is 4.64. The van der Waals surface area contributed by atoms with Gasteiger partial charge in [0.05, 0.1) is 10.6 Å². The van der Waals surface area contributed by atoms with Crippen LogP contribution in [0.25, 0.3) is 11.5 Å². The Bertz CT molecular complexity index is 1060. The predicted molar refractivity (Wildman–Crippen MR) is 101 cm³/mol. The third-order valence-corrected chi connectivity index (χ3v) is 4.24. The SMILES string of the molecule is CC(C)c1nnc(-c2ccc(=O)n(CC(=O)NCc3ccc(F)c(Cl)c3)c2)o1. The number of nitrogens with one attached hydrogen (secondary N) is 1. The van der Waals surface area contributed by atoms with Crippen molar-refractivity contribution in [2.45, 2.75) is 32.9 Å². The first-order valence-corrected chi connectivity index (χ1v) is 8.96. The van der Waals surface area contributed by atoms with Gasteiger partial charge >= 0.3 is 0 Å². The molecule has 1 amide bonds. The van der Waals surface area contributed by atoms with Crippen LogP contribution < -0.4 is 10.9 Å². The number of halogens is 2. The topological polar surface area (TPSA) is 90.0 Å². The number of hydrogen-bond donors (Lipinski definition) is 1. The van der Waals surface area contributed by atoms with E-state index in [4.69, 9.17) is 16.0 Å². The Labute approximate surface area is 165 Å². The van der Waals surface area contributed by atoms with E-state index in [1.165, 1.54) is 35.0 Å². The summed E-state index contributed by atoms with van der Waals surface area (Å²) < 4.78 is 20.0. The van der Waals surface area contributed by atoms with Gasteiger partial charge in [0.15, 0.2) is 0 Å². The van der Waals surface area contributed by atoms with E-state index in [1.807, 2.05) is 13.8 Å². The van der Waals surface area contributed by atoms with Crippen molar-refractivity contribution < 1.29 is 13.6 Å². The lowest BCUT2D eigenvalue weighted by Gasteiger charge is -2.09. The monoisotopic (exact) mass is 404 g/mol. The molecular formula is C19H18ClFN4O3. The summed E-state index contributed by atoms with van der Waals surface area (Å²) in [4.78, 5) is 24.3. The molecule has 0 radical (unpaired) electrons. The molecule has 1 N–H and O–H groups in total. The van der Waals surface area contributed by atoms with Crippen molar-refractivity contribution in [3.8, 4) is 11.5 Å². The molecule has 3 rings (SSSR count). The summed E-state index contributed by atoms with van der Waals surface area (Å²) in [5.74, 6) is -0.0602. The Morgan fingerprint density at radius 2 is 2.07 bits per heavy atom. The van der Waals surface area contributed by atoms with E-state index in [0.29, 0.717) is 17.0 Å². The standard InChI is InChI=1S/C19H18ClFN4O3/c1-11(2)18-23-24-19(28-18)13-4-6-17(27)25(9-13)10-16(26)22-8-12-3-5-15(21)14(20)7-12/h3-7,9,11H,8,10H2,1-2H3,(H,22,26). The number of amides is 1. The molecule has 0 saturated heterocycles. The summed E-state index contributed by atoms with van der Waals surface area (Å²) in [5.41, 5.74) is 0.845.